The zero-order valence-corrected chi connectivity index (χ0v) is 15.5. The Hall–Kier alpha value is -3.38. The molecule has 1 aromatic heterocycles. The molecule has 0 aliphatic heterocycles. The third-order valence-electron chi connectivity index (χ3n) is 4.13. The lowest BCUT2D eigenvalue weighted by Gasteiger charge is -2.09. The average molecular weight is 377 g/mol. The molecule has 3 aromatic rings. The average Bonchev–Trinajstić information content (AvgIpc) is 3.24. The summed E-state index contributed by atoms with van der Waals surface area (Å²) in [4.78, 5) is 24.3. The number of hydrogen-bond donors (Lipinski definition) is 3. The van der Waals surface area contributed by atoms with Crippen LogP contribution in [0.25, 0.3) is 0 Å². The number of anilines is 1. The van der Waals surface area contributed by atoms with Crippen molar-refractivity contribution in [2.45, 2.75) is 13.0 Å². The first-order valence-electron chi connectivity index (χ1n) is 9.16. The highest BCUT2D eigenvalue weighted by Gasteiger charge is 2.08. The number of carbonyl (C=O) groups is 2. The number of hydrogen-bond acceptors (Lipinski definition) is 4. The molecule has 0 atom stereocenters. The van der Waals surface area contributed by atoms with Crippen molar-refractivity contribution < 1.29 is 14.0 Å². The van der Waals surface area contributed by atoms with E-state index in [1.54, 1.807) is 42.7 Å². The Morgan fingerprint density at radius 1 is 0.929 bits per heavy atom. The summed E-state index contributed by atoms with van der Waals surface area (Å²) >= 11 is 0. The van der Waals surface area contributed by atoms with Crippen LogP contribution < -0.4 is 16.0 Å². The van der Waals surface area contributed by atoms with Crippen LogP contribution in [-0.2, 0) is 17.8 Å². The molecule has 0 aliphatic rings. The molecule has 0 fully saturated rings. The van der Waals surface area contributed by atoms with Crippen molar-refractivity contribution in [3.05, 3.63) is 89.9 Å². The van der Waals surface area contributed by atoms with Gasteiger partial charge >= 0.3 is 0 Å². The van der Waals surface area contributed by atoms with Crippen LogP contribution in [0.15, 0.2) is 77.4 Å². The van der Waals surface area contributed by atoms with Gasteiger partial charge in [0.1, 0.15) is 5.76 Å². The number of amides is 2. The second-order valence-corrected chi connectivity index (χ2v) is 6.30. The zero-order valence-electron chi connectivity index (χ0n) is 15.5. The van der Waals surface area contributed by atoms with E-state index in [-0.39, 0.29) is 18.4 Å². The largest absolute Gasteiger partial charge is 0.467 e. The molecule has 0 saturated heterocycles. The van der Waals surface area contributed by atoms with E-state index in [0.29, 0.717) is 30.1 Å². The Bertz CT molecular complexity index is 892. The quantitative estimate of drug-likeness (QED) is 0.501. The molecule has 0 saturated carbocycles. The van der Waals surface area contributed by atoms with Crippen molar-refractivity contribution in [3.63, 3.8) is 0 Å². The van der Waals surface area contributed by atoms with Crippen LogP contribution in [0.3, 0.4) is 0 Å². The molecule has 0 aliphatic carbocycles. The lowest BCUT2D eigenvalue weighted by atomic mass is 10.1. The highest BCUT2D eigenvalue weighted by atomic mass is 16.3. The Kier molecular flexibility index (Phi) is 6.98. The molecular formula is C22H23N3O3. The van der Waals surface area contributed by atoms with E-state index in [0.717, 1.165) is 6.42 Å². The van der Waals surface area contributed by atoms with E-state index in [1.165, 1.54) is 5.56 Å². The molecule has 3 rings (SSSR count). The molecule has 0 radical (unpaired) electrons. The van der Waals surface area contributed by atoms with Crippen LogP contribution in [0.4, 0.5) is 5.69 Å². The molecule has 2 aromatic carbocycles. The van der Waals surface area contributed by atoms with Crippen LogP contribution in [0.5, 0.6) is 0 Å². The molecule has 0 unspecified atom stereocenters. The van der Waals surface area contributed by atoms with Crippen molar-refractivity contribution in [2.75, 3.05) is 18.4 Å². The van der Waals surface area contributed by atoms with Gasteiger partial charge in [0.05, 0.1) is 19.4 Å². The van der Waals surface area contributed by atoms with Gasteiger partial charge in [0.15, 0.2) is 0 Å². The summed E-state index contributed by atoms with van der Waals surface area (Å²) < 4.78 is 5.19. The maximum atomic E-state index is 12.2. The highest BCUT2D eigenvalue weighted by Crippen LogP contribution is 2.11. The third kappa shape index (κ3) is 6.10. The summed E-state index contributed by atoms with van der Waals surface area (Å²) in [5.74, 6) is 0.300. The van der Waals surface area contributed by atoms with Gasteiger partial charge in [-0.3, -0.25) is 9.59 Å². The van der Waals surface area contributed by atoms with Gasteiger partial charge < -0.3 is 20.4 Å². The molecule has 1 heterocycles. The van der Waals surface area contributed by atoms with Crippen LogP contribution >= 0.6 is 0 Å². The molecule has 28 heavy (non-hydrogen) atoms. The van der Waals surface area contributed by atoms with E-state index < -0.39 is 0 Å². The standard InChI is InChI=1S/C22H23N3O3/c26-21(16-23-12-11-17-6-2-1-3-7-17)25-19-9-4-8-18(14-19)22(27)24-15-20-10-5-13-28-20/h1-10,13-14,23H,11-12,15-16H2,(H,24,27)(H,25,26). The zero-order chi connectivity index (χ0) is 19.6. The van der Waals surface area contributed by atoms with E-state index >= 15 is 0 Å². The molecule has 6 heteroatoms. The van der Waals surface area contributed by atoms with E-state index in [4.69, 9.17) is 4.42 Å². The van der Waals surface area contributed by atoms with Crippen LogP contribution in [0.1, 0.15) is 21.7 Å². The summed E-state index contributed by atoms with van der Waals surface area (Å²) in [5, 5.41) is 8.71. The van der Waals surface area contributed by atoms with Gasteiger partial charge in [-0.15, -0.1) is 0 Å². The van der Waals surface area contributed by atoms with Gasteiger partial charge in [-0.1, -0.05) is 36.4 Å². The number of rotatable bonds is 9. The lowest BCUT2D eigenvalue weighted by Crippen LogP contribution is -2.29. The monoisotopic (exact) mass is 377 g/mol. The Morgan fingerprint density at radius 3 is 2.57 bits per heavy atom. The molecule has 2 amide bonds. The summed E-state index contributed by atoms with van der Waals surface area (Å²) in [6.07, 6.45) is 2.42. The van der Waals surface area contributed by atoms with Gasteiger partial charge in [0.2, 0.25) is 5.91 Å². The van der Waals surface area contributed by atoms with Crippen molar-refractivity contribution in [2.24, 2.45) is 0 Å². The van der Waals surface area contributed by atoms with E-state index in [2.05, 4.69) is 28.1 Å². The van der Waals surface area contributed by atoms with Gasteiger partial charge in [0.25, 0.3) is 5.91 Å². The maximum absolute atomic E-state index is 12.2. The Balaban J connectivity index is 1.42. The summed E-state index contributed by atoms with van der Waals surface area (Å²) in [5.41, 5.74) is 2.28. The number of nitrogens with one attached hydrogen (secondary N) is 3. The van der Waals surface area contributed by atoms with E-state index in [1.807, 2.05) is 18.2 Å². The first-order valence-corrected chi connectivity index (χ1v) is 9.16. The molecule has 3 N–H and O–H groups in total. The minimum atomic E-state index is -0.228. The molecule has 6 nitrogen and oxygen atoms in total. The fraction of sp³-hybridized carbons (Fsp3) is 0.182. The molecule has 0 spiro atoms. The Morgan fingerprint density at radius 2 is 1.79 bits per heavy atom. The minimum Gasteiger partial charge on any atom is -0.467 e. The fourth-order valence-corrected chi connectivity index (χ4v) is 2.71. The summed E-state index contributed by atoms with van der Waals surface area (Å²) in [6, 6.07) is 20.5. The van der Waals surface area contributed by atoms with Gasteiger partial charge in [0, 0.05) is 11.3 Å². The highest BCUT2D eigenvalue weighted by molar-refractivity contribution is 5.97. The number of furan rings is 1. The number of carbonyl (C=O) groups excluding carboxylic acids is 2. The van der Waals surface area contributed by atoms with Crippen molar-refractivity contribution >= 4 is 17.5 Å². The topological polar surface area (TPSA) is 83.4 Å². The minimum absolute atomic E-state index is 0.152. The van der Waals surface area contributed by atoms with Crippen LogP contribution in [0.2, 0.25) is 0 Å². The molecule has 0 bridgehead atoms. The van der Waals surface area contributed by atoms with Crippen molar-refractivity contribution in [1.29, 1.82) is 0 Å². The molecular weight excluding hydrogens is 354 g/mol. The smallest absolute Gasteiger partial charge is 0.251 e. The maximum Gasteiger partial charge on any atom is 0.251 e. The fourth-order valence-electron chi connectivity index (χ4n) is 2.71. The molecule has 144 valence electrons. The lowest BCUT2D eigenvalue weighted by molar-refractivity contribution is -0.115. The Labute approximate surface area is 164 Å². The van der Waals surface area contributed by atoms with Crippen molar-refractivity contribution in [3.8, 4) is 0 Å². The predicted octanol–water partition coefficient (Wildman–Crippen LogP) is 2.98. The second-order valence-electron chi connectivity index (χ2n) is 6.30. The first kappa shape index (κ1) is 19.4. The van der Waals surface area contributed by atoms with Gasteiger partial charge in [-0.25, -0.2) is 0 Å². The SMILES string of the molecule is O=C(CNCCc1ccccc1)Nc1cccc(C(=O)NCc2ccco2)c1. The normalized spacial score (nSPS) is 10.4. The summed E-state index contributed by atoms with van der Waals surface area (Å²) in [7, 11) is 0. The van der Waals surface area contributed by atoms with E-state index in [9.17, 15) is 9.59 Å². The third-order valence-corrected chi connectivity index (χ3v) is 4.13. The summed E-state index contributed by atoms with van der Waals surface area (Å²) in [6.45, 7) is 1.24. The van der Waals surface area contributed by atoms with Crippen LogP contribution in [0, 0.1) is 0 Å². The van der Waals surface area contributed by atoms with Crippen molar-refractivity contribution in [1.82, 2.24) is 10.6 Å². The predicted molar refractivity (Wildman–Crippen MR) is 108 cm³/mol. The van der Waals surface area contributed by atoms with Crippen LogP contribution in [-0.4, -0.2) is 24.9 Å². The number of benzene rings is 2. The van der Waals surface area contributed by atoms with Gasteiger partial charge in [-0.2, -0.15) is 0 Å². The first-order chi connectivity index (χ1) is 13.7. The van der Waals surface area contributed by atoms with Gasteiger partial charge in [-0.05, 0) is 48.9 Å². The second kappa shape index (κ2) is 10.1.